The Morgan fingerprint density at radius 2 is 2.24 bits per heavy atom. The van der Waals surface area contributed by atoms with E-state index in [-0.39, 0.29) is 0 Å². The number of aliphatic imine (C=N–C) groups is 1. The maximum atomic E-state index is 4.66. The van der Waals surface area contributed by atoms with Gasteiger partial charge in [0.25, 0.3) is 0 Å². The van der Waals surface area contributed by atoms with Crippen LogP contribution in [0, 0.1) is 0 Å². The molecule has 0 bridgehead atoms. The summed E-state index contributed by atoms with van der Waals surface area (Å²) in [6, 6.07) is 4.29. The lowest BCUT2D eigenvalue weighted by Crippen LogP contribution is -2.42. The molecule has 0 spiro atoms. The van der Waals surface area contributed by atoms with Crippen LogP contribution in [-0.2, 0) is 6.42 Å². The first-order valence-electron chi connectivity index (χ1n) is 6.26. The number of hydrogen-bond acceptors (Lipinski definition) is 3. The zero-order valence-electron chi connectivity index (χ0n) is 10.5. The minimum absolute atomic E-state index is 0.298. The molecule has 0 unspecified atom stereocenters. The van der Waals surface area contributed by atoms with Crippen molar-refractivity contribution in [1.29, 1.82) is 0 Å². The van der Waals surface area contributed by atoms with Crippen molar-refractivity contribution in [3.8, 4) is 0 Å². The predicted molar refractivity (Wildman–Crippen MR) is 79.2 cm³/mol. The maximum Gasteiger partial charge on any atom is 0.157 e. The molecule has 1 aromatic heterocycles. The normalized spacial score (nSPS) is 20.7. The Balaban J connectivity index is 1.84. The van der Waals surface area contributed by atoms with E-state index >= 15 is 0 Å². The molecule has 2 heterocycles. The van der Waals surface area contributed by atoms with Gasteiger partial charge in [-0.1, -0.05) is 31.7 Å². The lowest BCUT2D eigenvalue weighted by molar-refractivity contribution is 0.407. The van der Waals surface area contributed by atoms with Crippen molar-refractivity contribution in [1.82, 2.24) is 5.32 Å². The van der Waals surface area contributed by atoms with Gasteiger partial charge >= 0.3 is 0 Å². The smallest absolute Gasteiger partial charge is 0.157 e. The summed E-state index contributed by atoms with van der Waals surface area (Å²) in [7, 11) is 0. The Kier molecular flexibility index (Phi) is 4.51. The quantitative estimate of drug-likeness (QED) is 0.883. The number of rotatable bonds is 5. The Hall–Kier alpha value is -0.480. The van der Waals surface area contributed by atoms with Crippen LogP contribution in [0.3, 0.4) is 0 Å². The summed E-state index contributed by atoms with van der Waals surface area (Å²) in [6.07, 6.45) is 3.43. The summed E-state index contributed by atoms with van der Waals surface area (Å²) >= 11 is 3.70. The molecule has 0 amide bonds. The van der Waals surface area contributed by atoms with Crippen LogP contribution in [-0.4, -0.2) is 23.0 Å². The summed E-state index contributed by atoms with van der Waals surface area (Å²) < 4.78 is 0. The summed E-state index contributed by atoms with van der Waals surface area (Å²) in [6.45, 7) is 5.41. The van der Waals surface area contributed by atoms with Gasteiger partial charge in [-0.25, -0.2) is 0 Å². The van der Waals surface area contributed by atoms with Gasteiger partial charge < -0.3 is 5.32 Å². The molecule has 0 aliphatic carbocycles. The third-order valence-corrected chi connectivity index (χ3v) is 5.54. The van der Waals surface area contributed by atoms with Crippen molar-refractivity contribution in [3.63, 3.8) is 0 Å². The molecule has 4 heteroatoms. The fourth-order valence-electron chi connectivity index (χ4n) is 1.94. The predicted octanol–water partition coefficient (Wildman–Crippen LogP) is 3.54. The lowest BCUT2D eigenvalue weighted by Gasteiger charge is -2.25. The second-order valence-electron chi connectivity index (χ2n) is 4.42. The van der Waals surface area contributed by atoms with E-state index in [1.807, 2.05) is 23.1 Å². The Morgan fingerprint density at radius 1 is 1.41 bits per heavy atom. The van der Waals surface area contributed by atoms with Gasteiger partial charge in [0, 0.05) is 29.1 Å². The third-order valence-electron chi connectivity index (χ3n) is 3.40. The molecule has 0 radical (unpaired) electrons. The molecule has 1 aromatic rings. The molecule has 0 saturated carbocycles. The van der Waals surface area contributed by atoms with Crippen LogP contribution in [0.4, 0.5) is 0 Å². The van der Waals surface area contributed by atoms with Crippen LogP contribution < -0.4 is 5.32 Å². The van der Waals surface area contributed by atoms with E-state index in [2.05, 4.69) is 41.7 Å². The Labute approximate surface area is 112 Å². The molecule has 1 fully saturated rings. The van der Waals surface area contributed by atoms with Gasteiger partial charge in [0.05, 0.1) is 0 Å². The second-order valence-corrected chi connectivity index (χ2v) is 6.41. The van der Waals surface area contributed by atoms with Crippen LogP contribution in [0.25, 0.3) is 0 Å². The van der Waals surface area contributed by atoms with E-state index < -0.39 is 0 Å². The van der Waals surface area contributed by atoms with Crippen molar-refractivity contribution in [2.75, 3.05) is 12.3 Å². The summed E-state index contributed by atoms with van der Waals surface area (Å²) in [5.74, 6) is 1.16. The zero-order valence-corrected chi connectivity index (χ0v) is 12.2. The van der Waals surface area contributed by atoms with E-state index in [0.717, 1.165) is 23.9 Å². The van der Waals surface area contributed by atoms with Gasteiger partial charge in [0.15, 0.2) is 5.17 Å². The topological polar surface area (TPSA) is 24.4 Å². The van der Waals surface area contributed by atoms with Gasteiger partial charge in [-0.2, -0.15) is 0 Å². The first-order chi connectivity index (χ1) is 8.28. The van der Waals surface area contributed by atoms with Gasteiger partial charge in [-0.15, -0.1) is 11.3 Å². The van der Waals surface area contributed by atoms with E-state index in [9.17, 15) is 0 Å². The van der Waals surface area contributed by atoms with Gasteiger partial charge in [-0.3, -0.25) is 4.99 Å². The highest BCUT2D eigenvalue weighted by atomic mass is 32.2. The first kappa shape index (κ1) is 13.0. The molecule has 1 aliphatic heterocycles. The van der Waals surface area contributed by atoms with Gasteiger partial charge in [0.1, 0.15) is 0 Å². The number of thioether (sulfide) groups is 1. The SMILES string of the molecule is CCC1(CC)CSC(=NCCc2cccs2)N1. The molecule has 0 aromatic carbocycles. The number of nitrogens with zero attached hydrogens (tertiary/aromatic N) is 1. The molecule has 0 atom stereocenters. The Morgan fingerprint density at radius 3 is 2.82 bits per heavy atom. The average Bonchev–Trinajstić information content (AvgIpc) is 2.99. The highest BCUT2D eigenvalue weighted by Gasteiger charge is 2.33. The highest BCUT2D eigenvalue weighted by Crippen LogP contribution is 2.28. The van der Waals surface area contributed by atoms with E-state index in [0.29, 0.717) is 5.54 Å². The molecular weight excluding hydrogens is 248 g/mol. The van der Waals surface area contributed by atoms with E-state index in [1.54, 1.807) is 0 Å². The minimum atomic E-state index is 0.298. The molecule has 1 N–H and O–H groups in total. The summed E-state index contributed by atoms with van der Waals surface area (Å²) in [5, 5.41) is 6.87. The number of nitrogens with one attached hydrogen (secondary N) is 1. The summed E-state index contributed by atoms with van der Waals surface area (Å²) in [4.78, 5) is 6.09. The molecule has 17 heavy (non-hydrogen) atoms. The molecule has 94 valence electrons. The van der Waals surface area contributed by atoms with Gasteiger partial charge in [0.2, 0.25) is 0 Å². The number of amidine groups is 1. The fraction of sp³-hybridized carbons (Fsp3) is 0.615. The van der Waals surface area contributed by atoms with Crippen LogP contribution in [0.15, 0.2) is 22.5 Å². The third kappa shape index (κ3) is 3.26. The average molecular weight is 268 g/mol. The van der Waals surface area contributed by atoms with Crippen molar-refractivity contribution in [2.24, 2.45) is 4.99 Å². The first-order valence-corrected chi connectivity index (χ1v) is 8.12. The number of hydrogen-bond donors (Lipinski definition) is 1. The van der Waals surface area contributed by atoms with Crippen LogP contribution in [0.1, 0.15) is 31.6 Å². The maximum absolute atomic E-state index is 4.66. The second kappa shape index (κ2) is 5.91. The van der Waals surface area contributed by atoms with Crippen molar-refractivity contribution < 1.29 is 0 Å². The van der Waals surface area contributed by atoms with Gasteiger partial charge in [-0.05, 0) is 24.3 Å². The number of thiophene rings is 1. The van der Waals surface area contributed by atoms with Crippen molar-refractivity contribution in [2.45, 2.75) is 38.6 Å². The standard InChI is InChI=1S/C13H20N2S2/c1-3-13(4-2)10-17-12(15-13)14-8-7-11-6-5-9-16-11/h5-6,9H,3-4,7-8,10H2,1-2H3,(H,14,15). The largest absolute Gasteiger partial charge is 0.359 e. The Bertz CT molecular complexity index is 367. The molecule has 1 aliphatic rings. The van der Waals surface area contributed by atoms with Crippen LogP contribution in [0.2, 0.25) is 0 Å². The molecule has 1 saturated heterocycles. The fourth-order valence-corrected chi connectivity index (χ4v) is 4.01. The van der Waals surface area contributed by atoms with Crippen LogP contribution in [0.5, 0.6) is 0 Å². The lowest BCUT2D eigenvalue weighted by atomic mass is 9.96. The highest BCUT2D eigenvalue weighted by molar-refractivity contribution is 8.14. The van der Waals surface area contributed by atoms with Crippen molar-refractivity contribution in [3.05, 3.63) is 22.4 Å². The molecule has 2 rings (SSSR count). The summed E-state index contributed by atoms with van der Waals surface area (Å²) in [5.41, 5.74) is 0.298. The van der Waals surface area contributed by atoms with Crippen LogP contribution >= 0.6 is 23.1 Å². The van der Waals surface area contributed by atoms with E-state index in [4.69, 9.17) is 0 Å². The van der Waals surface area contributed by atoms with Crippen molar-refractivity contribution >= 4 is 28.3 Å². The minimum Gasteiger partial charge on any atom is -0.359 e. The zero-order chi connectivity index (χ0) is 12.1. The van der Waals surface area contributed by atoms with E-state index in [1.165, 1.54) is 17.7 Å². The monoisotopic (exact) mass is 268 g/mol. The molecule has 2 nitrogen and oxygen atoms in total. The molecular formula is C13H20N2S2.